The molecule has 0 aliphatic carbocycles. The van der Waals surface area contributed by atoms with E-state index in [-0.39, 0.29) is 22.4 Å². The number of nitro groups is 1. The number of primary sulfonamides is 1. The summed E-state index contributed by atoms with van der Waals surface area (Å²) in [7, 11) is -3.88. The van der Waals surface area contributed by atoms with Gasteiger partial charge in [-0.1, -0.05) is 18.2 Å². The number of para-hydroxylation sites is 2. The first-order valence-electron chi connectivity index (χ1n) is 9.09. The summed E-state index contributed by atoms with van der Waals surface area (Å²) in [5.74, 6) is -0.482. The van der Waals surface area contributed by atoms with Gasteiger partial charge in [-0.25, -0.2) is 13.6 Å². The molecule has 9 nitrogen and oxygen atoms in total. The quantitative estimate of drug-likeness (QED) is 0.565. The van der Waals surface area contributed by atoms with Crippen LogP contribution in [0, 0.1) is 23.0 Å². The summed E-state index contributed by atoms with van der Waals surface area (Å²) in [4.78, 5) is 25.3. The Balaban J connectivity index is 1.66. The van der Waals surface area contributed by atoms with Crippen molar-refractivity contribution < 1.29 is 18.1 Å². The van der Waals surface area contributed by atoms with Crippen molar-refractivity contribution in [3.63, 3.8) is 0 Å². The van der Waals surface area contributed by atoms with E-state index < -0.39 is 14.9 Å². The molecule has 0 atom stereocenters. The summed E-state index contributed by atoms with van der Waals surface area (Å²) in [5, 5.41) is 19.2. The molecule has 0 saturated carbocycles. The number of carbonyl (C=O) groups excluding carboxylic acids is 1. The molecule has 1 aliphatic rings. The van der Waals surface area contributed by atoms with Crippen molar-refractivity contribution in [2.75, 3.05) is 23.3 Å². The Morgan fingerprint density at radius 3 is 2.48 bits per heavy atom. The van der Waals surface area contributed by atoms with Crippen LogP contribution < -0.4 is 15.4 Å². The number of piperidine rings is 1. The molecule has 0 bridgehead atoms. The first-order valence-corrected chi connectivity index (χ1v) is 10.6. The molecule has 2 aromatic rings. The number of amides is 1. The highest BCUT2D eigenvalue weighted by Crippen LogP contribution is 2.31. The van der Waals surface area contributed by atoms with Crippen molar-refractivity contribution in [2.45, 2.75) is 24.7 Å². The lowest BCUT2D eigenvalue weighted by Crippen LogP contribution is -2.38. The van der Waals surface area contributed by atoms with E-state index >= 15 is 0 Å². The fourth-order valence-corrected chi connectivity index (χ4v) is 4.31. The van der Waals surface area contributed by atoms with E-state index in [9.17, 15) is 23.3 Å². The highest BCUT2D eigenvalue weighted by atomic mass is 32.2. The van der Waals surface area contributed by atoms with E-state index in [2.05, 4.69) is 5.32 Å². The summed E-state index contributed by atoms with van der Waals surface area (Å²) in [6.07, 6.45) is 1.07. The summed E-state index contributed by atoms with van der Waals surface area (Å²) in [5.41, 5.74) is 1.47. The normalized spacial score (nSPS) is 15.2. The maximum atomic E-state index is 12.6. The molecule has 1 fully saturated rings. The van der Waals surface area contributed by atoms with Gasteiger partial charge in [0.25, 0.3) is 5.69 Å². The van der Waals surface area contributed by atoms with Gasteiger partial charge in [0.05, 0.1) is 9.82 Å². The Labute approximate surface area is 168 Å². The second-order valence-electron chi connectivity index (χ2n) is 7.02. The summed E-state index contributed by atoms with van der Waals surface area (Å²) in [6.45, 7) is 2.66. The fourth-order valence-electron chi connectivity index (χ4n) is 3.50. The molecule has 0 spiro atoms. The van der Waals surface area contributed by atoms with Crippen LogP contribution in [0.5, 0.6) is 0 Å². The highest BCUT2D eigenvalue weighted by Gasteiger charge is 2.28. The standard InChI is InChI=1S/C19H22N4O5S/c1-13-6-7-15(12-18(13)29(20,27)28)21-19(24)14-8-10-22(11-9-14)16-4-2-3-5-17(16)23(25)26/h2-7,12,14H,8-11H2,1H3,(H,21,24)(H2,20,27,28). The second-order valence-corrected chi connectivity index (χ2v) is 8.55. The van der Waals surface area contributed by atoms with Gasteiger partial charge in [-0.05, 0) is 43.5 Å². The Morgan fingerprint density at radius 2 is 1.86 bits per heavy atom. The van der Waals surface area contributed by atoms with Gasteiger partial charge in [0.1, 0.15) is 5.69 Å². The largest absolute Gasteiger partial charge is 0.366 e. The summed E-state index contributed by atoms with van der Waals surface area (Å²) >= 11 is 0. The van der Waals surface area contributed by atoms with Crippen LogP contribution in [0.15, 0.2) is 47.4 Å². The van der Waals surface area contributed by atoms with Gasteiger partial charge in [0.15, 0.2) is 0 Å². The molecule has 3 N–H and O–H groups in total. The van der Waals surface area contributed by atoms with E-state index in [4.69, 9.17) is 5.14 Å². The third kappa shape index (κ3) is 4.72. The van der Waals surface area contributed by atoms with Gasteiger partial charge < -0.3 is 10.2 Å². The average molecular weight is 418 g/mol. The van der Waals surface area contributed by atoms with Crippen LogP contribution in [-0.2, 0) is 14.8 Å². The first kappa shape index (κ1) is 20.7. The number of benzene rings is 2. The zero-order valence-electron chi connectivity index (χ0n) is 15.9. The molecule has 154 valence electrons. The molecule has 0 unspecified atom stereocenters. The number of nitrogens with one attached hydrogen (secondary N) is 1. The van der Waals surface area contributed by atoms with Crippen LogP contribution in [0.4, 0.5) is 17.1 Å². The number of rotatable bonds is 5. The number of nitro benzene ring substituents is 1. The van der Waals surface area contributed by atoms with Crippen molar-refractivity contribution in [1.82, 2.24) is 0 Å². The number of hydrogen-bond acceptors (Lipinski definition) is 6. The minimum absolute atomic E-state index is 0.0264. The second kappa shape index (κ2) is 8.18. The molecule has 1 saturated heterocycles. The Bertz CT molecular complexity index is 1050. The minimum Gasteiger partial charge on any atom is -0.366 e. The monoisotopic (exact) mass is 418 g/mol. The Kier molecular flexibility index (Phi) is 5.85. The minimum atomic E-state index is -3.88. The SMILES string of the molecule is Cc1ccc(NC(=O)C2CCN(c3ccccc3[N+](=O)[O-])CC2)cc1S(N)(=O)=O. The Morgan fingerprint density at radius 1 is 1.21 bits per heavy atom. The lowest BCUT2D eigenvalue weighted by molar-refractivity contribution is -0.384. The smallest absolute Gasteiger partial charge is 0.292 e. The summed E-state index contributed by atoms with van der Waals surface area (Å²) in [6, 6.07) is 11.1. The van der Waals surface area contributed by atoms with Crippen molar-refractivity contribution in [1.29, 1.82) is 0 Å². The lowest BCUT2D eigenvalue weighted by atomic mass is 9.95. The molecular formula is C19H22N4O5S. The van der Waals surface area contributed by atoms with Gasteiger partial charge >= 0.3 is 0 Å². The zero-order chi connectivity index (χ0) is 21.2. The van der Waals surface area contributed by atoms with Crippen LogP contribution >= 0.6 is 0 Å². The molecule has 10 heteroatoms. The molecule has 1 heterocycles. The van der Waals surface area contributed by atoms with Crippen molar-refractivity contribution in [2.24, 2.45) is 11.1 Å². The number of anilines is 2. The van der Waals surface area contributed by atoms with Crippen LogP contribution in [0.2, 0.25) is 0 Å². The van der Waals surface area contributed by atoms with Gasteiger partial charge in [-0.3, -0.25) is 14.9 Å². The maximum absolute atomic E-state index is 12.6. The number of nitrogens with zero attached hydrogens (tertiary/aromatic N) is 2. The molecule has 1 amide bonds. The predicted octanol–water partition coefficient (Wildman–Crippen LogP) is 2.41. The molecular weight excluding hydrogens is 396 g/mol. The van der Waals surface area contributed by atoms with Crippen LogP contribution in [0.1, 0.15) is 18.4 Å². The molecule has 0 aromatic heterocycles. The number of carbonyl (C=O) groups is 1. The predicted molar refractivity (Wildman–Crippen MR) is 109 cm³/mol. The van der Waals surface area contributed by atoms with E-state index in [1.54, 1.807) is 37.3 Å². The number of nitrogens with two attached hydrogens (primary N) is 1. The number of aryl methyl sites for hydroxylation is 1. The van der Waals surface area contributed by atoms with Crippen molar-refractivity contribution in [3.8, 4) is 0 Å². The van der Waals surface area contributed by atoms with Gasteiger partial charge in [-0.2, -0.15) is 0 Å². The molecule has 0 radical (unpaired) electrons. The van der Waals surface area contributed by atoms with Crippen LogP contribution in [0.25, 0.3) is 0 Å². The maximum Gasteiger partial charge on any atom is 0.292 e. The van der Waals surface area contributed by atoms with Crippen molar-refractivity contribution >= 4 is 33.0 Å². The van der Waals surface area contributed by atoms with Crippen molar-refractivity contribution in [3.05, 3.63) is 58.1 Å². The molecule has 3 rings (SSSR count). The van der Waals surface area contributed by atoms with Crippen LogP contribution in [0.3, 0.4) is 0 Å². The molecule has 1 aliphatic heterocycles. The van der Waals surface area contributed by atoms with E-state index in [0.29, 0.717) is 42.9 Å². The van der Waals surface area contributed by atoms with Gasteiger partial charge in [-0.15, -0.1) is 0 Å². The number of hydrogen-bond donors (Lipinski definition) is 2. The van der Waals surface area contributed by atoms with Crippen LogP contribution in [-0.4, -0.2) is 32.3 Å². The number of sulfonamides is 1. The lowest BCUT2D eigenvalue weighted by Gasteiger charge is -2.32. The average Bonchev–Trinajstić information content (AvgIpc) is 2.68. The first-order chi connectivity index (χ1) is 13.7. The third-order valence-electron chi connectivity index (χ3n) is 5.05. The van der Waals surface area contributed by atoms with E-state index in [1.807, 2.05) is 4.90 Å². The third-order valence-corrected chi connectivity index (χ3v) is 6.10. The summed E-state index contributed by atoms with van der Waals surface area (Å²) < 4.78 is 23.3. The molecule has 29 heavy (non-hydrogen) atoms. The topological polar surface area (TPSA) is 136 Å². The fraction of sp³-hybridized carbons (Fsp3) is 0.316. The zero-order valence-corrected chi connectivity index (χ0v) is 16.7. The molecule has 2 aromatic carbocycles. The van der Waals surface area contributed by atoms with E-state index in [1.165, 1.54) is 12.1 Å². The Hall–Kier alpha value is -2.98. The van der Waals surface area contributed by atoms with Gasteiger partial charge in [0, 0.05) is 30.8 Å². The van der Waals surface area contributed by atoms with Gasteiger partial charge in [0.2, 0.25) is 15.9 Å². The van der Waals surface area contributed by atoms with E-state index in [0.717, 1.165) is 0 Å². The highest BCUT2D eigenvalue weighted by molar-refractivity contribution is 7.89.